The molecule has 1 fully saturated rings. The van der Waals surface area contributed by atoms with E-state index < -0.39 is 6.04 Å². The molecule has 0 unspecified atom stereocenters. The van der Waals surface area contributed by atoms with E-state index in [9.17, 15) is 9.59 Å². The zero-order chi connectivity index (χ0) is 26.2. The maximum Gasteiger partial charge on any atom is 0.261 e. The van der Waals surface area contributed by atoms with E-state index in [-0.39, 0.29) is 31.0 Å². The summed E-state index contributed by atoms with van der Waals surface area (Å²) < 4.78 is 5.99. The van der Waals surface area contributed by atoms with Crippen LogP contribution in [-0.4, -0.2) is 35.4 Å². The molecule has 1 N–H and O–H groups in total. The molecule has 1 aliphatic carbocycles. The van der Waals surface area contributed by atoms with E-state index >= 15 is 0 Å². The Morgan fingerprint density at radius 2 is 1.68 bits per heavy atom. The highest BCUT2D eigenvalue weighted by Gasteiger charge is 2.32. The molecule has 1 aliphatic rings. The van der Waals surface area contributed by atoms with Gasteiger partial charge in [0.2, 0.25) is 5.91 Å². The lowest BCUT2D eigenvalue weighted by Crippen LogP contribution is -2.53. The number of nitrogens with one attached hydrogen (secondary N) is 1. The molecule has 6 heteroatoms. The lowest BCUT2D eigenvalue weighted by molar-refractivity contribution is -0.143. The van der Waals surface area contributed by atoms with E-state index in [2.05, 4.69) is 5.32 Å². The molecular formula is C31H35ClN2O3. The fourth-order valence-corrected chi connectivity index (χ4v) is 4.92. The molecule has 194 valence electrons. The van der Waals surface area contributed by atoms with E-state index in [0.29, 0.717) is 17.2 Å². The molecule has 2 amide bonds. The third-order valence-electron chi connectivity index (χ3n) is 6.93. The molecule has 0 aromatic heterocycles. The van der Waals surface area contributed by atoms with Crippen molar-refractivity contribution in [1.29, 1.82) is 0 Å². The third kappa shape index (κ3) is 7.59. The molecule has 0 spiro atoms. The van der Waals surface area contributed by atoms with Gasteiger partial charge in [0.15, 0.2) is 6.61 Å². The zero-order valence-corrected chi connectivity index (χ0v) is 22.3. The Hall–Kier alpha value is -3.31. The van der Waals surface area contributed by atoms with Gasteiger partial charge in [0.1, 0.15) is 11.8 Å². The van der Waals surface area contributed by atoms with Crippen molar-refractivity contribution in [1.82, 2.24) is 10.2 Å². The van der Waals surface area contributed by atoms with Crippen LogP contribution in [0.25, 0.3) is 0 Å². The Kier molecular flexibility index (Phi) is 9.24. The van der Waals surface area contributed by atoms with E-state index in [1.165, 1.54) is 0 Å². The van der Waals surface area contributed by atoms with Crippen LogP contribution in [0.15, 0.2) is 72.8 Å². The van der Waals surface area contributed by atoms with E-state index in [1.807, 2.05) is 74.5 Å². The van der Waals surface area contributed by atoms with Crippen molar-refractivity contribution in [2.24, 2.45) is 0 Å². The number of benzene rings is 3. The highest BCUT2D eigenvalue weighted by atomic mass is 35.5. The van der Waals surface area contributed by atoms with Crippen molar-refractivity contribution in [2.45, 2.75) is 64.6 Å². The van der Waals surface area contributed by atoms with Gasteiger partial charge in [-0.2, -0.15) is 0 Å². The van der Waals surface area contributed by atoms with Crippen molar-refractivity contribution in [2.75, 3.05) is 6.61 Å². The Bertz CT molecular complexity index is 1190. The molecule has 0 bridgehead atoms. The predicted molar refractivity (Wildman–Crippen MR) is 148 cm³/mol. The molecule has 1 atom stereocenters. The van der Waals surface area contributed by atoms with Gasteiger partial charge in [-0.3, -0.25) is 9.59 Å². The molecule has 0 radical (unpaired) electrons. The lowest BCUT2D eigenvalue weighted by Gasteiger charge is -2.32. The summed E-state index contributed by atoms with van der Waals surface area (Å²) in [6.07, 6.45) is 4.61. The minimum atomic E-state index is -0.673. The number of hydrogen-bond acceptors (Lipinski definition) is 3. The van der Waals surface area contributed by atoms with Gasteiger partial charge in [-0.05, 0) is 67.1 Å². The number of carbonyl (C=O) groups excluding carboxylic acids is 2. The number of rotatable bonds is 10. The third-order valence-corrected chi connectivity index (χ3v) is 7.19. The first-order valence-corrected chi connectivity index (χ1v) is 13.3. The van der Waals surface area contributed by atoms with Gasteiger partial charge in [-0.25, -0.2) is 0 Å². The zero-order valence-electron chi connectivity index (χ0n) is 21.6. The minimum Gasteiger partial charge on any atom is -0.483 e. The maximum absolute atomic E-state index is 13.8. The Morgan fingerprint density at radius 1 is 0.973 bits per heavy atom. The summed E-state index contributed by atoms with van der Waals surface area (Å²) in [5.74, 6) is 0.318. The van der Waals surface area contributed by atoms with Crippen LogP contribution in [0, 0.1) is 13.8 Å². The first-order chi connectivity index (χ1) is 17.9. The van der Waals surface area contributed by atoms with Crippen LogP contribution < -0.4 is 10.1 Å². The van der Waals surface area contributed by atoms with Crippen molar-refractivity contribution in [3.05, 3.63) is 100 Å². The second-order valence-corrected chi connectivity index (χ2v) is 10.3. The number of carbonyl (C=O) groups is 2. The largest absolute Gasteiger partial charge is 0.483 e. The summed E-state index contributed by atoms with van der Waals surface area (Å²) in [7, 11) is 0. The first kappa shape index (κ1) is 26.7. The van der Waals surface area contributed by atoms with Crippen LogP contribution >= 0.6 is 11.6 Å². The molecule has 0 saturated heterocycles. The number of amides is 2. The number of halogens is 1. The topological polar surface area (TPSA) is 58.6 Å². The molecule has 1 saturated carbocycles. The van der Waals surface area contributed by atoms with Crippen molar-refractivity contribution in [3.63, 3.8) is 0 Å². The molecule has 0 heterocycles. The number of ether oxygens (including phenoxy) is 1. The molecule has 3 aromatic carbocycles. The van der Waals surface area contributed by atoms with Crippen molar-refractivity contribution < 1.29 is 14.3 Å². The quantitative estimate of drug-likeness (QED) is 0.356. The van der Waals surface area contributed by atoms with Crippen LogP contribution in [0.4, 0.5) is 0 Å². The SMILES string of the molecule is Cc1ccc(C)c(OCC(=O)N(Cc2ccc(Cl)cc2)[C@@H](Cc2ccccc2)C(=O)NC2CCCC2)c1. The summed E-state index contributed by atoms with van der Waals surface area (Å²) in [6, 6.07) is 22.6. The van der Waals surface area contributed by atoms with Gasteiger partial charge in [0.05, 0.1) is 0 Å². The average Bonchev–Trinajstić information content (AvgIpc) is 3.41. The fourth-order valence-electron chi connectivity index (χ4n) is 4.79. The normalized spacial score (nSPS) is 14.2. The van der Waals surface area contributed by atoms with Gasteiger partial charge in [0, 0.05) is 24.0 Å². The second-order valence-electron chi connectivity index (χ2n) is 9.90. The van der Waals surface area contributed by atoms with Crippen LogP contribution in [0.1, 0.15) is 47.9 Å². The van der Waals surface area contributed by atoms with E-state index in [1.54, 1.807) is 17.0 Å². The van der Waals surface area contributed by atoms with Gasteiger partial charge in [0.25, 0.3) is 5.91 Å². The number of nitrogens with zero attached hydrogens (tertiary/aromatic N) is 1. The van der Waals surface area contributed by atoms with Crippen molar-refractivity contribution in [3.8, 4) is 5.75 Å². The maximum atomic E-state index is 13.8. The van der Waals surface area contributed by atoms with Crippen LogP contribution in [0.3, 0.4) is 0 Å². The summed E-state index contributed by atoms with van der Waals surface area (Å²) >= 11 is 6.11. The molecule has 5 nitrogen and oxygen atoms in total. The van der Waals surface area contributed by atoms with Gasteiger partial charge < -0.3 is 15.0 Å². The van der Waals surface area contributed by atoms with Gasteiger partial charge in [-0.15, -0.1) is 0 Å². The van der Waals surface area contributed by atoms with E-state index in [0.717, 1.165) is 47.9 Å². The average molecular weight is 519 g/mol. The summed E-state index contributed by atoms with van der Waals surface area (Å²) in [5.41, 5.74) is 3.92. The monoisotopic (exact) mass is 518 g/mol. The van der Waals surface area contributed by atoms with Crippen molar-refractivity contribution >= 4 is 23.4 Å². The molecule has 0 aliphatic heterocycles. The Labute approximate surface area is 224 Å². The number of aryl methyl sites for hydroxylation is 2. The summed E-state index contributed by atoms with van der Waals surface area (Å²) in [4.78, 5) is 29.1. The van der Waals surface area contributed by atoms with Gasteiger partial charge >= 0.3 is 0 Å². The highest BCUT2D eigenvalue weighted by molar-refractivity contribution is 6.30. The molecular weight excluding hydrogens is 484 g/mol. The Morgan fingerprint density at radius 3 is 2.38 bits per heavy atom. The minimum absolute atomic E-state index is 0.121. The molecule has 37 heavy (non-hydrogen) atoms. The van der Waals surface area contributed by atoms with Crippen LogP contribution in [0.5, 0.6) is 5.75 Å². The van der Waals surface area contributed by atoms with E-state index in [4.69, 9.17) is 16.3 Å². The standard InChI is InChI=1S/C31H35ClN2O3/c1-22-12-13-23(2)29(18-22)37-21-30(35)34(20-25-14-16-26(32)17-15-25)28(19-24-8-4-3-5-9-24)31(36)33-27-10-6-7-11-27/h3-5,8-9,12-18,27-28H,6-7,10-11,19-21H2,1-2H3,(H,33,36)/t28-/m0/s1. The number of hydrogen-bond donors (Lipinski definition) is 1. The summed E-state index contributed by atoms with van der Waals surface area (Å²) in [5, 5.41) is 3.85. The fraction of sp³-hybridized carbons (Fsp3) is 0.355. The highest BCUT2D eigenvalue weighted by Crippen LogP contribution is 2.22. The second kappa shape index (κ2) is 12.8. The smallest absolute Gasteiger partial charge is 0.261 e. The van der Waals surface area contributed by atoms with Crippen LogP contribution in [0.2, 0.25) is 5.02 Å². The first-order valence-electron chi connectivity index (χ1n) is 13.0. The molecule has 3 aromatic rings. The summed E-state index contributed by atoms with van der Waals surface area (Å²) in [6.45, 7) is 4.07. The molecule has 4 rings (SSSR count). The van der Waals surface area contributed by atoms with Gasteiger partial charge in [-0.1, -0.05) is 79.0 Å². The van der Waals surface area contributed by atoms with Crippen LogP contribution in [-0.2, 0) is 22.6 Å². The lowest BCUT2D eigenvalue weighted by atomic mass is 10.0. The predicted octanol–water partition coefficient (Wildman–Crippen LogP) is 6.03. The Balaban J connectivity index is 1.62.